The van der Waals surface area contributed by atoms with Gasteiger partial charge in [0.05, 0.1) is 40.2 Å². The monoisotopic (exact) mass is 473 g/mol. The number of methoxy groups -OCH3 is 1. The Labute approximate surface area is 193 Å². The predicted molar refractivity (Wildman–Crippen MR) is 125 cm³/mol. The molecule has 0 unspecified atom stereocenters. The zero-order chi connectivity index (χ0) is 22.7. The van der Waals surface area contributed by atoms with Gasteiger partial charge < -0.3 is 20.4 Å². The first-order valence-corrected chi connectivity index (χ1v) is 11.0. The summed E-state index contributed by atoms with van der Waals surface area (Å²) >= 11 is 7.49. The Hall–Kier alpha value is -3.08. The van der Waals surface area contributed by atoms with E-state index >= 15 is 0 Å². The standard InChI is InChI=1S/C21H21ClFN7OS/c1-30-11-25-9-16(30)15-10-32-20(27-15)17-18(12-4-5-14(23)13(22)8-12)28-21(24)29-19(17)26-6-3-7-31-2/h4-5,8-11H,3,6-7H2,1-2H3,(H3,24,26,28,29). The first kappa shape index (κ1) is 22.1. The minimum absolute atomic E-state index is 0.00468. The lowest BCUT2D eigenvalue weighted by molar-refractivity contribution is 0.198. The van der Waals surface area contributed by atoms with Gasteiger partial charge >= 0.3 is 0 Å². The molecule has 11 heteroatoms. The minimum Gasteiger partial charge on any atom is -0.385 e. The molecule has 32 heavy (non-hydrogen) atoms. The second-order valence-corrected chi connectivity index (χ2v) is 8.25. The average Bonchev–Trinajstić information content (AvgIpc) is 3.41. The molecule has 3 heterocycles. The molecule has 3 aromatic heterocycles. The van der Waals surface area contributed by atoms with Crippen molar-refractivity contribution in [3.8, 4) is 33.2 Å². The van der Waals surface area contributed by atoms with E-state index in [0.29, 0.717) is 40.8 Å². The van der Waals surface area contributed by atoms with Crippen molar-refractivity contribution >= 4 is 34.7 Å². The molecule has 8 nitrogen and oxygen atoms in total. The molecule has 1 aromatic carbocycles. The summed E-state index contributed by atoms with van der Waals surface area (Å²) in [6.07, 6.45) is 4.24. The van der Waals surface area contributed by atoms with Crippen LogP contribution in [0.5, 0.6) is 0 Å². The number of anilines is 2. The fraction of sp³-hybridized carbons (Fsp3) is 0.238. The van der Waals surface area contributed by atoms with Gasteiger partial charge in [-0.05, 0) is 24.6 Å². The van der Waals surface area contributed by atoms with Gasteiger partial charge in [-0.2, -0.15) is 4.98 Å². The highest BCUT2D eigenvalue weighted by Crippen LogP contribution is 2.40. The fourth-order valence-electron chi connectivity index (χ4n) is 3.19. The highest BCUT2D eigenvalue weighted by Gasteiger charge is 2.21. The number of hydrogen-bond acceptors (Lipinski definition) is 8. The lowest BCUT2D eigenvalue weighted by Crippen LogP contribution is -2.10. The van der Waals surface area contributed by atoms with Gasteiger partial charge in [0.25, 0.3) is 0 Å². The van der Waals surface area contributed by atoms with Gasteiger partial charge in [-0.25, -0.2) is 19.3 Å². The Balaban J connectivity index is 1.85. The van der Waals surface area contributed by atoms with Crippen molar-refractivity contribution in [3.05, 3.63) is 46.9 Å². The van der Waals surface area contributed by atoms with Gasteiger partial charge in [0, 0.05) is 38.3 Å². The van der Waals surface area contributed by atoms with E-state index in [4.69, 9.17) is 27.1 Å². The smallest absolute Gasteiger partial charge is 0.222 e. The van der Waals surface area contributed by atoms with E-state index in [9.17, 15) is 4.39 Å². The van der Waals surface area contributed by atoms with Gasteiger partial charge in [-0.1, -0.05) is 11.6 Å². The lowest BCUT2D eigenvalue weighted by atomic mass is 10.1. The maximum atomic E-state index is 13.8. The van der Waals surface area contributed by atoms with E-state index in [1.165, 1.54) is 23.5 Å². The molecule has 0 aliphatic rings. The molecule has 0 fully saturated rings. The van der Waals surface area contributed by atoms with E-state index in [2.05, 4.69) is 20.3 Å². The third-order valence-electron chi connectivity index (χ3n) is 4.73. The number of nitrogen functional groups attached to an aromatic ring is 1. The fourth-order valence-corrected chi connectivity index (χ4v) is 4.23. The molecule has 3 N–H and O–H groups in total. The minimum atomic E-state index is -0.510. The van der Waals surface area contributed by atoms with E-state index in [0.717, 1.165) is 17.8 Å². The summed E-state index contributed by atoms with van der Waals surface area (Å²) in [5.41, 5.74) is 9.46. The van der Waals surface area contributed by atoms with E-state index in [1.807, 2.05) is 17.0 Å². The number of ether oxygens (including phenoxy) is 1. The van der Waals surface area contributed by atoms with Crippen molar-refractivity contribution in [3.63, 3.8) is 0 Å². The number of nitrogens with one attached hydrogen (secondary N) is 1. The largest absolute Gasteiger partial charge is 0.385 e. The molecule has 0 atom stereocenters. The van der Waals surface area contributed by atoms with Crippen molar-refractivity contribution in [1.82, 2.24) is 24.5 Å². The zero-order valence-electron chi connectivity index (χ0n) is 17.5. The molecule has 166 valence electrons. The number of nitrogens with two attached hydrogens (primary N) is 1. The van der Waals surface area contributed by atoms with Gasteiger partial charge in [0.1, 0.15) is 16.6 Å². The lowest BCUT2D eigenvalue weighted by Gasteiger charge is -2.14. The van der Waals surface area contributed by atoms with Crippen molar-refractivity contribution in [2.45, 2.75) is 6.42 Å². The van der Waals surface area contributed by atoms with Crippen LogP contribution in [0.3, 0.4) is 0 Å². The van der Waals surface area contributed by atoms with E-state index < -0.39 is 5.82 Å². The predicted octanol–water partition coefficient (Wildman–Crippen LogP) is 4.49. The molecule has 0 amide bonds. The van der Waals surface area contributed by atoms with Crippen molar-refractivity contribution < 1.29 is 9.13 Å². The molecule has 0 radical (unpaired) electrons. The van der Waals surface area contributed by atoms with Crippen LogP contribution >= 0.6 is 22.9 Å². The number of aryl methyl sites for hydroxylation is 1. The third kappa shape index (κ3) is 4.57. The van der Waals surface area contributed by atoms with Gasteiger partial charge in [-0.3, -0.25) is 0 Å². The number of imidazole rings is 1. The molecule has 0 aliphatic carbocycles. The summed E-state index contributed by atoms with van der Waals surface area (Å²) in [4.78, 5) is 17.8. The van der Waals surface area contributed by atoms with Crippen LogP contribution < -0.4 is 11.1 Å². The molecular formula is C21H21ClFN7OS. The van der Waals surface area contributed by atoms with Crippen LogP contribution in [0.4, 0.5) is 16.2 Å². The van der Waals surface area contributed by atoms with Crippen LogP contribution in [-0.4, -0.2) is 44.8 Å². The molecule has 4 rings (SSSR count). The summed E-state index contributed by atoms with van der Waals surface area (Å²) in [6, 6.07) is 4.43. The summed E-state index contributed by atoms with van der Waals surface area (Å²) < 4.78 is 20.8. The number of halogens is 2. The molecule has 0 bridgehead atoms. The molecular weight excluding hydrogens is 453 g/mol. The Kier molecular flexibility index (Phi) is 6.63. The van der Waals surface area contributed by atoms with E-state index in [1.54, 1.807) is 25.7 Å². The van der Waals surface area contributed by atoms with Crippen LogP contribution in [-0.2, 0) is 11.8 Å². The molecule has 4 aromatic rings. The average molecular weight is 474 g/mol. The van der Waals surface area contributed by atoms with Crippen LogP contribution in [0, 0.1) is 5.82 Å². The third-order valence-corrected chi connectivity index (χ3v) is 5.88. The molecule has 0 saturated carbocycles. The number of nitrogens with zero attached hydrogens (tertiary/aromatic N) is 5. The molecule has 0 aliphatic heterocycles. The van der Waals surface area contributed by atoms with Crippen LogP contribution in [0.15, 0.2) is 36.1 Å². The maximum Gasteiger partial charge on any atom is 0.222 e. The Bertz CT molecular complexity index is 1240. The number of hydrogen-bond donors (Lipinski definition) is 2. The van der Waals surface area contributed by atoms with Gasteiger partial charge in [0.15, 0.2) is 0 Å². The number of aromatic nitrogens is 5. The van der Waals surface area contributed by atoms with E-state index in [-0.39, 0.29) is 11.0 Å². The molecule has 0 spiro atoms. The topological polar surface area (TPSA) is 104 Å². The number of rotatable bonds is 8. The normalized spacial score (nSPS) is 11.1. The first-order chi connectivity index (χ1) is 15.5. The second-order valence-electron chi connectivity index (χ2n) is 6.98. The summed E-state index contributed by atoms with van der Waals surface area (Å²) in [5.74, 6) is 0.112. The quantitative estimate of drug-likeness (QED) is 0.363. The molecule has 0 saturated heterocycles. The number of thiazole rings is 1. The Morgan fingerprint density at radius 1 is 1.28 bits per heavy atom. The summed E-state index contributed by atoms with van der Waals surface area (Å²) in [6.45, 7) is 1.21. The summed E-state index contributed by atoms with van der Waals surface area (Å²) in [7, 11) is 3.56. The van der Waals surface area contributed by atoms with Crippen molar-refractivity contribution in [1.29, 1.82) is 0 Å². The van der Waals surface area contributed by atoms with Crippen LogP contribution in [0.2, 0.25) is 5.02 Å². The van der Waals surface area contributed by atoms with Crippen molar-refractivity contribution in [2.75, 3.05) is 31.3 Å². The van der Waals surface area contributed by atoms with Crippen molar-refractivity contribution in [2.24, 2.45) is 7.05 Å². The Morgan fingerprint density at radius 3 is 2.84 bits per heavy atom. The van der Waals surface area contributed by atoms with Crippen LogP contribution in [0.25, 0.3) is 33.2 Å². The first-order valence-electron chi connectivity index (χ1n) is 9.76. The van der Waals surface area contributed by atoms with Crippen LogP contribution in [0.1, 0.15) is 6.42 Å². The second kappa shape index (κ2) is 9.60. The maximum absolute atomic E-state index is 13.8. The van der Waals surface area contributed by atoms with Gasteiger partial charge in [0.2, 0.25) is 5.95 Å². The van der Waals surface area contributed by atoms with Gasteiger partial charge in [-0.15, -0.1) is 11.3 Å². The summed E-state index contributed by atoms with van der Waals surface area (Å²) in [5, 5.41) is 5.93. The highest BCUT2D eigenvalue weighted by molar-refractivity contribution is 7.13. The highest BCUT2D eigenvalue weighted by atomic mass is 35.5. The number of benzene rings is 1. The SMILES string of the molecule is COCCCNc1nc(N)nc(-c2ccc(F)c(Cl)c2)c1-c1nc(-c2cncn2C)cs1. The Morgan fingerprint density at radius 2 is 2.12 bits per heavy atom. The zero-order valence-corrected chi connectivity index (χ0v) is 19.0.